The van der Waals surface area contributed by atoms with Gasteiger partial charge in [-0.15, -0.1) is 11.3 Å². The molecule has 5 nitrogen and oxygen atoms in total. The molecule has 0 aliphatic rings. The van der Waals surface area contributed by atoms with Gasteiger partial charge in [-0.3, -0.25) is 9.59 Å². The quantitative estimate of drug-likeness (QED) is 0.270. The van der Waals surface area contributed by atoms with Crippen LogP contribution < -0.4 is 15.4 Å². The molecule has 4 aromatic carbocycles. The zero-order chi connectivity index (χ0) is 25.6. The molecule has 0 saturated heterocycles. The fraction of sp³-hybridized carbons (Fsp3) is 0.161. The molecule has 1 aromatic heterocycles. The number of thiophene rings is 1. The fourth-order valence-electron chi connectivity index (χ4n) is 4.48. The topological polar surface area (TPSA) is 67.4 Å². The third-order valence-corrected chi connectivity index (χ3v) is 7.66. The summed E-state index contributed by atoms with van der Waals surface area (Å²) >= 11 is 1.72. The molecule has 0 unspecified atom stereocenters. The molecule has 0 saturated carbocycles. The van der Waals surface area contributed by atoms with Crippen LogP contribution in [0.3, 0.4) is 0 Å². The van der Waals surface area contributed by atoms with Crippen LogP contribution in [0.5, 0.6) is 5.75 Å². The molecule has 186 valence electrons. The van der Waals surface area contributed by atoms with Crippen molar-refractivity contribution in [2.45, 2.75) is 25.4 Å². The molecular weight excluding hydrogens is 480 g/mol. The second-order valence-corrected chi connectivity index (χ2v) is 10.00. The van der Waals surface area contributed by atoms with Gasteiger partial charge in [0.2, 0.25) is 11.8 Å². The molecule has 2 N–H and O–H groups in total. The predicted octanol–water partition coefficient (Wildman–Crippen LogP) is 5.65. The Morgan fingerprint density at radius 1 is 0.811 bits per heavy atom. The van der Waals surface area contributed by atoms with Crippen LogP contribution in [0, 0.1) is 0 Å². The highest BCUT2D eigenvalue weighted by molar-refractivity contribution is 7.26. The van der Waals surface area contributed by atoms with Crippen LogP contribution in [0.4, 0.5) is 0 Å². The lowest BCUT2D eigenvalue weighted by molar-refractivity contribution is -0.128. The van der Waals surface area contributed by atoms with Gasteiger partial charge in [0.25, 0.3) is 0 Å². The molecule has 0 fully saturated rings. The summed E-state index contributed by atoms with van der Waals surface area (Å²) in [5.74, 6) is 0.331. The lowest BCUT2D eigenvalue weighted by Gasteiger charge is -2.19. The standard InChI is InChI=1S/C31H28N2O3S/c1-36-24-16-14-21(15-17-24)18-29(34)33-27(31(35)32-20-22-8-3-2-4-9-22)19-23-10-7-12-26-25-11-5-6-13-28(25)37-30(23)26/h2-17,27H,18-20H2,1H3,(H,32,35)(H,33,34)/t27-/m1/s1. The van der Waals surface area contributed by atoms with E-state index in [9.17, 15) is 9.59 Å². The van der Waals surface area contributed by atoms with E-state index in [1.165, 1.54) is 15.5 Å². The van der Waals surface area contributed by atoms with Crippen LogP contribution in [0.15, 0.2) is 97.1 Å². The Morgan fingerprint density at radius 3 is 2.32 bits per heavy atom. The molecule has 2 amide bonds. The van der Waals surface area contributed by atoms with E-state index in [2.05, 4.69) is 28.8 Å². The van der Waals surface area contributed by atoms with Crippen LogP contribution >= 0.6 is 11.3 Å². The van der Waals surface area contributed by atoms with Gasteiger partial charge in [-0.2, -0.15) is 0 Å². The number of hydrogen-bond donors (Lipinski definition) is 2. The SMILES string of the molecule is COc1ccc(CC(=O)N[C@H](Cc2cccc3c2sc2ccccc23)C(=O)NCc2ccccc2)cc1. The van der Waals surface area contributed by atoms with Gasteiger partial charge in [-0.25, -0.2) is 0 Å². The Balaban J connectivity index is 1.38. The van der Waals surface area contributed by atoms with Gasteiger partial charge < -0.3 is 15.4 Å². The summed E-state index contributed by atoms with van der Waals surface area (Å²) < 4.78 is 7.56. The number of methoxy groups -OCH3 is 1. The number of ether oxygens (including phenoxy) is 1. The van der Waals surface area contributed by atoms with Crippen LogP contribution in [0.1, 0.15) is 16.7 Å². The van der Waals surface area contributed by atoms with Crippen molar-refractivity contribution in [2.24, 2.45) is 0 Å². The number of rotatable bonds is 9. The van der Waals surface area contributed by atoms with Gasteiger partial charge in [0.15, 0.2) is 0 Å². The minimum Gasteiger partial charge on any atom is -0.497 e. The number of benzene rings is 4. The minimum atomic E-state index is -0.703. The monoisotopic (exact) mass is 508 g/mol. The molecule has 1 atom stereocenters. The Bertz CT molecular complexity index is 1530. The Kier molecular flexibility index (Phi) is 7.47. The van der Waals surface area contributed by atoms with E-state index < -0.39 is 6.04 Å². The molecule has 0 aliphatic carbocycles. The van der Waals surface area contributed by atoms with E-state index in [1.807, 2.05) is 78.9 Å². The second kappa shape index (κ2) is 11.3. The largest absolute Gasteiger partial charge is 0.497 e. The highest BCUT2D eigenvalue weighted by atomic mass is 32.1. The summed E-state index contributed by atoms with van der Waals surface area (Å²) in [6.45, 7) is 0.400. The number of fused-ring (bicyclic) bond motifs is 3. The van der Waals surface area contributed by atoms with Crippen molar-refractivity contribution in [1.29, 1.82) is 0 Å². The van der Waals surface area contributed by atoms with Crippen molar-refractivity contribution in [1.82, 2.24) is 10.6 Å². The molecule has 5 aromatic rings. The minimum absolute atomic E-state index is 0.180. The first-order chi connectivity index (χ1) is 18.1. The van der Waals surface area contributed by atoms with Crippen molar-refractivity contribution in [3.05, 3.63) is 114 Å². The molecular formula is C31H28N2O3S. The maximum atomic E-state index is 13.4. The van der Waals surface area contributed by atoms with Gasteiger partial charge >= 0.3 is 0 Å². The summed E-state index contributed by atoms with van der Waals surface area (Å²) in [5, 5.41) is 8.39. The van der Waals surface area contributed by atoms with Gasteiger partial charge in [-0.1, -0.05) is 78.9 Å². The van der Waals surface area contributed by atoms with Gasteiger partial charge in [-0.05, 0) is 34.9 Å². The highest BCUT2D eigenvalue weighted by Crippen LogP contribution is 2.36. The molecule has 5 rings (SSSR count). The Hall–Kier alpha value is -4.16. The van der Waals surface area contributed by atoms with Crippen LogP contribution in [-0.2, 0) is 29.0 Å². The van der Waals surface area contributed by atoms with Crippen molar-refractivity contribution in [2.75, 3.05) is 7.11 Å². The molecule has 0 spiro atoms. The predicted molar refractivity (Wildman–Crippen MR) is 150 cm³/mol. The smallest absolute Gasteiger partial charge is 0.243 e. The lowest BCUT2D eigenvalue weighted by atomic mass is 10.0. The zero-order valence-corrected chi connectivity index (χ0v) is 21.4. The van der Waals surface area contributed by atoms with Gasteiger partial charge in [0, 0.05) is 33.1 Å². The summed E-state index contributed by atoms with van der Waals surface area (Å²) in [6.07, 6.45) is 0.582. The molecule has 6 heteroatoms. The average molecular weight is 509 g/mol. The summed E-state index contributed by atoms with van der Waals surface area (Å²) in [7, 11) is 1.61. The molecule has 0 aliphatic heterocycles. The fourth-order valence-corrected chi connectivity index (χ4v) is 5.70. The van der Waals surface area contributed by atoms with E-state index in [-0.39, 0.29) is 18.2 Å². The Labute approximate surface area is 220 Å². The number of nitrogens with one attached hydrogen (secondary N) is 2. The van der Waals surface area contributed by atoms with E-state index in [0.29, 0.717) is 13.0 Å². The average Bonchev–Trinajstić information content (AvgIpc) is 3.32. The molecule has 0 bridgehead atoms. The zero-order valence-electron chi connectivity index (χ0n) is 20.6. The van der Waals surface area contributed by atoms with Crippen LogP contribution in [0.25, 0.3) is 20.2 Å². The van der Waals surface area contributed by atoms with Crippen molar-refractivity contribution in [3.8, 4) is 5.75 Å². The number of amides is 2. The molecule has 0 radical (unpaired) electrons. The lowest BCUT2D eigenvalue weighted by Crippen LogP contribution is -2.48. The summed E-state index contributed by atoms with van der Waals surface area (Å²) in [4.78, 5) is 26.4. The summed E-state index contributed by atoms with van der Waals surface area (Å²) in [6, 6.07) is 30.9. The third kappa shape index (κ3) is 5.81. The van der Waals surface area contributed by atoms with Crippen molar-refractivity contribution in [3.63, 3.8) is 0 Å². The third-order valence-electron chi connectivity index (χ3n) is 6.39. The van der Waals surface area contributed by atoms with Crippen LogP contribution in [0.2, 0.25) is 0 Å². The first-order valence-corrected chi connectivity index (χ1v) is 13.1. The maximum Gasteiger partial charge on any atom is 0.243 e. The van der Waals surface area contributed by atoms with Crippen molar-refractivity contribution >= 4 is 43.3 Å². The van der Waals surface area contributed by atoms with Gasteiger partial charge in [0.1, 0.15) is 11.8 Å². The summed E-state index contributed by atoms with van der Waals surface area (Å²) in [5.41, 5.74) is 2.91. The highest BCUT2D eigenvalue weighted by Gasteiger charge is 2.23. The second-order valence-electron chi connectivity index (χ2n) is 8.94. The van der Waals surface area contributed by atoms with Gasteiger partial charge in [0.05, 0.1) is 13.5 Å². The number of carbonyl (C=O) groups is 2. The van der Waals surface area contributed by atoms with E-state index in [1.54, 1.807) is 18.4 Å². The first kappa shape index (κ1) is 24.5. The van der Waals surface area contributed by atoms with E-state index in [4.69, 9.17) is 4.74 Å². The first-order valence-electron chi connectivity index (χ1n) is 12.2. The Morgan fingerprint density at radius 2 is 1.54 bits per heavy atom. The normalized spacial score (nSPS) is 11.8. The number of hydrogen-bond acceptors (Lipinski definition) is 4. The van der Waals surface area contributed by atoms with Crippen LogP contribution in [-0.4, -0.2) is 25.0 Å². The molecule has 1 heterocycles. The van der Waals surface area contributed by atoms with E-state index in [0.717, 1.165) is 27.1 Å². The molecule has 37 heavy (non-hydrogen) atoms. The number of carbonyl (C=O) groups excluding carboxylic acids is 2. The maximum absolute atomic E-state index is 13.4. The van der Waals surface area contributed by atoms with Crippen molar-refractivity contribution < 1.29 is 14.3 Å². The van der Waals surface area contributed by atoms with E-state index >= 15 is 0 Å².